The molecule has 0 saturated carbocycles. The summed E-state index contributed by atoms with van der Waals surface area (Å²) in [7, 11) is 0. The van der Waals surface area contributed by atoms with Crippen LogP contribution < -0.4 is 5.32 Å². The molecule has 1 fully saturated rings. The van der Waals surface area contributed by atoms with Gasteiger partial charge in [0.15, 0.2) is 5.78 Å². The maximum atomic E-state index is 13.5. The number of hydrogen-bond donors (Lipinski definition) is 2. The third kappa shape index (κ3) is 2.76. The first-order valence-electron chi connectivity index (χ1n) is 8.63. The highest BCUT2D eigenvalue weighted by molar-refractivity contribution is 6.03. The normalized spacial score (nSPS) is 17.0. The Kier molecular flexibility index (Phi) is 3.95. The van der Waals surface area contributed by atoms with E-state index < -0.39 is 0 Å². The lowest BCUT2D eigenvalue weighted by Crippen LogP contribution is -2.43. The number of aromatic amines is 1. The molecule has 0 unspecified atom stereocenters. The van der Waals surface area contributed by atoms with Crippen molar-refractivity contribution in [2.24, 2.45) is 5.41 Å². The number of rotatable bonds is 4. The predicted octanol–water partition coefficient (Wildman–Crippen LogP) is 3.96. The van der Waals surface area contributed by atoms with Gasteiger partial charge < -0.3 is 10.3 Å². The van der Waals surface area contributed by atoms with E-state index in [1.807, 2.05) is 36.5 Å². The number of benzene rings is 2. The van der Waals surface area contributed by atoms with Crippen LogP contribution in [0.5, 0.6) is 0 Å². The average Bonchev–Trinajstić information content (AvgIpc) is 3.10. The standard InChI is InChI=1S/C21H22N2O/c24-20(18-6-7-19-17(14-18)8-11-23-19)21(9-12-22-13-10-21)15-16-4-2-1-3-5-16/h1-8,11,14,22-23H,9-10,12-13,15H2. The Bertz CT molecular complexity index is 844. The summed E-state index contributed by atoms with van der Waals surface area (Å²) in [6, 6.07) is 18.4. The van der Waals surface area contributed by atoms with Crippen LogP contribution in [-0.2, 0) is 6.42 Å². The highest BCUT2D eigenvalue weighted by Gasteiger charge is 2.39. The molecule has 3 nitrogen and oxygen atoms in total. The summed E-state index contributed by atoms with van der Waals surface area (Å²) in [5, 5.41) is 4.50. The molecule has 1 aliphatic rings. The summed E-state index contributed by atoms with van der Waals surface area (Å²) < 4.78 is 0. The maximum Gasteiger partial charge on any atom is 0.169 e. The van der Waals surface area contributed by atoms with Crippen LogP contribution in [0.2, 0.25) is 0 Å². The molecule has 1 aromatic heterocycles. The predicted molar refractivity (Wildman–Crippen MR) is 97.3 cm³/mol. The van der Waals surface area contributed by atoms with Gasteiger partial charge in [0, 0.05) is 28.1 Å². The zero-order valence-corrected chi connectivity index (χ0v) is 13.7. The van der Waals surface area contributed by atoms with Crippen LogP contribution in [0.15, 0.2) is 60.8 Å². The molecule has 4 rings (SSSR count). The lowest BCUT2D eigenvalue weighted by atomic mass is 9.69. The van der Waals surface area contributed by atoms with E-state index in [9.17, 15) is 4.79 Å². The molecule has 1 saturated heterocycles. The van der Waals surface area contributed by atoms with Crippen molar-refractivity contribution < 1.29 is 4.79 Å². The highest BCUT2D eigenvalue weighted by Crippen LogP contribution is 2.37. The zero-order valence-electron chi connectivity index (χ0n) is 13.7. The van der Waals surface area contributed by atoms with Gasteiger partial charge >= 0.3 is 0 Å². The van der Waals surface area contributed by atoms with Crippen molar-refractivity contribution in [1.29, 1.82) is 0 Å². The lowest BCUT2D eigenvalue weighted by molar-refractivity contribution is 0.0726. The summed E-state index contributed by atoms with van der Waals surface area (Å²) in [4.78, 5) is 16.6. The first-order chi connectivity index (χ1) is 11.8. The molecular formula is C21H22N2O. The molecule has 0 amide bonds. The van der Waals surface area contributed by atoms with E-state index >= 15 is 0 Å². The van der Waals surface area contributed by atoms with E-state index in [1.54, 1.807) is 0 Å². The van der Waals surface area contributed by atoms with Crippen molar-refractivity contribution in [1.82, 2.24) is 10.3 Å². The van der Waals surface area contributed by atoms with Gasteiger partial charge in [0.2, 0.25) is 0 Å². The largest absolute Gasteiger partial charge is 0.361 e. The molecule has 2 aromatic carbocycles. The van der Waals surface area contributed by atoms with Crippen LogP contribution in [0.1, 0.15) is 28.8 Å². The first-order valence-corrected chi connectivity index (χ1v) is 8.63. The number of H-pyrrole nitrogens is 1. The third-order valence-corrected chi connectivity index (χ3v) is 5.24. The van der Waals surface area contributed by atoms with E-state index in [1.165, 1.54) is 5.56 Å². The highest BCUT2D eigenvalue weighted by atomic mass is 16.1. The van der Waals surface area contributed by atoms with Gasteiger partial charge in [-0.2, -0.15) is 0 Å². The molecule has 0 aliphatic carbocycles. The van der Waals surface area contributed by atoms with Gasteiger partial charge in [0.1, 0.15) is 0 Å². The Morgan fingerprint density at radius 2 is 1.79 bits per heavy atom. The average molecular weight is 318 g/mol. The second kappa shape index (κ2) is 6.25. The fourth-order valence-corrected chi connectivity index (χ4v) is 3.88. The topological polar surface area (TPSA) is 44.9 Å². The fourth-order valence-electron chi connectivity index (χ4n) is 3.88. The smallest absolute Gasteiger partial charge is 0.169 e. The van der Waals surface area contributed by atoms with Crippen molar-refractivity contribution in [2.45, 2.75) is 19.3 Å². The summed E-state index contributed by atoms with van der Waals surface area (Å²) in [5.74, 6) is 0.288. The molecule has 0 spiro atoms. The van der Waals surface area contributed by atoms with Crippen LogP contribution >= 0.6 is 0 Å². The van der Waals surface area contributed by atoms with Crippen LogP contribution in [0.25, 0.3) is 10.9 Å². The van der Waals surface area contributed by atoms with Gasteiger partial charge in [-0.25, -0.2) is 0 Å². The lowest BCUT2D eigenvalue weighted by Gasteiger charge is -2.36. The van der Waals surface area contributed by atoms with Crippen LogP contribution in [0.4, 0.5) is 0 Å². The van der Waals surface area contributed by atoms with Gasteiger partial charge in [-0.3, -0.25) is 4.79 Å². The van der Waals surface area contributed by atoms with Crippen molar-refractivity contribution >= 4 is 16.7 Å². The minimum atomic E-state index is -0.295. The molecular weight excluding hydrogens is 296 g/mol. The van der Waals surface area contributed by atoms with E-state index in [4.69, 9.17) is 0 Å². The molecule has 24 heavy (non-hydrogen) atoms. The molecule has 122 valence electrons. The number of carbonyl (C=O) groups is 1. The Balaban J connectivity index is 1.70. The molecule has 0 atom stereocenters. The van der Waals surface area contributed by atoms with E-state index in [0.717, 1.165) is 48.8 Å². The van der Waals surface area contributed by atoms with Crippen LogP contribution in [0.3, 0.4) is 0 Å². The summed E-state index contributed by atoms with van der Waals surface area (Å²) in [5.41, 5.74) is 2.86. The minimum Gasteiger partial charge on any atom is -0.361 e. The Morgan fingerprint density at radius 1 is 1.00 bits per heavy atom. The molecule has 1 aliphatic heterocycles. The van der Waals surface area contributed by atoms with Crippen LogP contribution in [-0.4, -0.2) is 23.9 Å². The number of aromatic nitrogens is 1. The number of Topliss-reactive ketones (excluding diaryl/α,β-unsaturated/α-hetero) is 1. The van der Waals surface area contributed by atoms with Gasteiger partial charge in [-0.05, 0) is 62.2 Å². The second-order valence-corrected chi connectivity index (χ2v) is 6.80. The number of nitrogens with one attached hydrogen (secondary N) is 2. The van der Waals surface area contributed by atoms with E-state index in [2.05, 4.69) is 34.6 Å². The van der Waals surface area contributed by atoms with Gasteiger partial charge in [-0.15, -0.1) is 0 Å². The van der Waals surface area contributed by atoms with Gasteiger partial charge in [-0.1, -0.05) is 30.3 Å². The first kappa shape index (κ1) is 15.2. The molecule has 3 aromatic rings. The van der Waals surface area contributed by atoms with Crippen molar-refractivity contribution in [3.63, 3.8) is 0 Å². The summed E-state index contributed by atoms with van der Waals surface area (Å²) >= 11 is 0. The van der Waals surface area contributed by atoms with E-state index in [-0.39, 0.29) is 11.2 Å². The quantitative estimate of drug-likeness (QED) is 0.715. The number of ketones is 1. The van der Waals surface area contributed by atoms with Crippen molar-refractivity contribution in [2.75, 3.05) is 13.1 Å². The van der Waals surface area contributed by atoms with Gasteiger partial charge in [0.25, 0.3) is 0 Å². The molecule has 2 heterocycles. The third-order valence-electron chi connectivity index (χ3n) is 5.24. The fraction of sp³-hybridized carbons (Fsp3) is 0.286. The number of carbonyl (C=O) groups excluding carboxylic acids is 1. The summed E-state index contributed by atoms with van der Waals surface area (Å²) in [6.45, 7) is 1.82. The Morgan fingerprint density at radius 3 is 2.58 bits per heavy atom. The molecule has 2 N–H and O–H groups in total. The van der Waals surface area contributed by atoms with Gasteiger partial charge in [0.05, 0.1) is 0 Å². The monoisotopic (exact) mass is 318 g/mol. The Hall–Kier alpha value is -2.39. The van der Waals surface area contributed by atoms with Crippen molar-refractivity contribution in [3.8, 4) is 0 Å². The zero-order chi connectivity index (χ0) is 16.4. The molecule has 0 radical (unpaired) electrons. The number of hydrogen-bond acceptors (Lipinski definition) is 2. The maximum absolute atomic E-state index is 13.5. The van der Waals surface area contributed by atoms with E-state index in [0.29, 0.717) is 0 Å². The number of piperidine rings is 1. The van der Waals surface area contributed by atoms with Crippen LogP contribution in [0, 0.1) is 5.41 Å². The second-order valence-electron chi connectivity index (χ2n) is 6.80. The summed E-state index contributed by atoms with van der Waals surface area (Å²) in [6.07, 6.45) is 4.53. The SMILES string of the molecule is O=C(c1ccc2[nH]ccc2c1)C1(Cc2ccccc2)CCNCC1. The Labute approximate surface area is 142 Å². The van der Waals surface area contributed by atoms with Crippen molar-refractivity contribution in [3.05, 3.63) is 71.9 Å². The molecule has 3 heteroatoms. The minimum absolute atomic E-state index is 0.288. The number of fused-ring (bicyclic) bond motifs is 1. The molecule has 0 bridgehead atoms.